The van der Waals surface area contributed by atoms with Crippen molar-refractivity contribution in [2.75, 3.05) is 50.7 Å². The van der Waals surface area contributed by atoms with Crippen LogP contribution in [0.25, 0.3) is 0 Å². The number of likely N-dealkylation sites (N-methyl/N-ethyl adjacent to an activating group) is 1. The van der Waals surface area contributed by atoms with Crippen LogP contribution in [0.15, 0.2) is 48.5 Å². The van der Waals surface area contributed by atoms with Crippen LogP contribution in [0.4, 0.5) is 11.4 Å². The Balaban J connectivity index is 1.53. The highest BCUT2D eigenvalue weighted by atomic mass is 16.5. The number of rotatable bonds is 7. The lowest BCUT2D eigenvalue weighted by Crippen LogP contribution is -2.37. The van der Waals surface area contributed by atoms with Crippen molar-refractivity contribution in [3.05, 3.63) is 54.1 Å². The van der Waals surface area contributed by atoms with Gasteiger partial charge in [0.25, 0.3) is 5.91 Å². The first kappa shape index (κ1) is 22.1. The lowest BCUT2D eigenvalue weighted by atomic mass is 10.2. The quantitative estimate of drug-likeness (QED) is 0.632. The van der Waals surface area contributed by atoms with E-state index >= 15 is 0 Å². The van der Waals surface area contributed by atoms with Gasteiger partial charge in [0.15, 0.2) is 6.61 Å². The Bertz CT molecular complexity index is 942. The Hall–Kier alpha value is -3.55. The molecule has 3 rings (SSSR count). The van der Waals surface area contributed by atoms with Crippen molar-refractivity contribution >= 4 is 29.2 Å². The fourth-order valence-corrected chi connectivity index (χ4v) is 3.18. The number of benzene rings is 2. The summed E-state index contributed by atoms with van der Waals surface area (Å²) in [6.45, 7) is -0.00684. The molecule has 0 saturated carbocycles. The maximum Gasteiger partial charge on any atom is 0.326 e. The van der Waals surface area contributed by atoms with Crippen LogP contribution >= 0.6 is 0 Å². The van der Waals surface area contributed by atoms with E-state index in [-0.39, 0.29) is 38.0 Å². The third-order valence-electron chi connectivity index (χ3n) is 4.97. The minimum atomic E-state index is -0.651. The van der Waals surface area contributed by atoms with Gasteiger partial charge in [-0.3, -0.25) is 19.3 Å². The molecule has 0 saturated heterocycles. The third kappa shape index (κ3) is 5.75. The first-order valence-corrected chi connectivity index (χ1v) is 10.0. The number of para-hydroxylation sites is 2. The smallest absolute Gasteiger partial charge is 0.326 e. The van der Waals surface area contributed by atoms with Crippen molar-refractivity contribution in [2.45, 2.75) is 13.0 Å². The van der Waals surface area contributed by atoms with Crippen LogP contribution in [0, 0.1) is 0 Å². The molecule has 0 aliphatic carbocycles. The van der Waals surface area contributed by atoms with Crippen molar-refractivity contribution in [3.63, 3.8) is 0 Å². The first-order chi connectivity index (χ1) is 14.8. The van der Waals surface area contributed by atoms with Crippen LogP contribution in [0.5, 0.6) is 5.75 Å². The summed E-state index contributed by atoms with van der Waals surface area (Å²) in [5.41, 5.74) is 2.56. The Kier molecular flexibility index (Phi) is 7.12. The molecule has 0 spiro atoms. The molecule has 2 amide bonds. The average molecular weight is 425 g/mol. The summed E-state index contributed by atoms with van der Waals surface area (Å²) in [6.07, 6.45) is 0.163. The predicted molar refractivity (Wildman–Crippen MR) is 117 cm³/mol. The molecule has 31 heavy (non-hydrogen) atoms. The van der Waals surface area contributed by atoms with Gasteiger partial charge in [-0.15, -0.1) is 0 Å². The van der Waals surface area contributed by atoms with Crippen molar-refractivity contribution in [3.8, 4) is 5.75 Å². The molecule has 0 fully saturated rings. The number of hydrogen-bond acceptors (Lipinski definition) is 6. The summed E-state index contributed by atoms with van der Waals surface area (Å²) in [5.74, 6) is -0.665. The van der Waals surface area contributed by atoms with Gasteiger partial charge in [-0.1, -0.05) is 24.3 Å². The van der Waals surface area contributed by atoms with Gasteiger partial charge >= 0.3 is 5.97 Å². The molecular weight excluding hydrogens is 398 g/mol. The molecule has 8 heteroatoms. The normalized spacial score (nSPS) is 13.0. The minimum Gasteiger partial charge on any atom is -0.491 e. The van der Waals surface area contributed by atoms with E-state index in [1.54, 1.807) is 31.3 Å². The van der Waals surface area contributed by atoms with Crippen LogP contribution in [0.2, 0.25) is 0 Å². The average Bonchev–Trinajstić information content (AvgIpc) is 2.91. The standard InChI is InChI=1S/C23H27N3O5/c1-24(2)18-10-8-17(9-11-18)14-25(3)22(28)16-31-23(29)15-26-19-6-4-5-7-20(19)30-13-12-21(26)27/h4-11H,12-16H2,1-3H3. The van der Waals surface area contributed by atoms with Crippen LogP contribution < -0.4 is 14.5 Å². The van der Waals surface area contributed by atoms with Gasteiger partial charge in [0.1, 0.15) is 12.3 Å². The second-order valence-corrected chi connectivity index (χ2v) is 7.52. The van der Waals surface area contributed by atoms with Gasteiger partial charge in [0.2, 0.25) is 5.91 Å². The van der Waals surface area contributed by atoms with Gasteiger partial charge in [-0.2, -0.15) is 0 Å². The summed E-state index contributed by atoms with van der Waals surface area (Å²) in [6, 6.07) is 14.9. The monoisotopic (exact) mass is 425 g/mol. The van der Waals surface area contributed by atoms with Crippen molar-refractivity contribution < 1.29 is 23.9 Å². The third-order valence-corrected chi connectivity index (χ3v) is 4.97. The minimum absolute atomic E-state index is 0.163. The molecule has 0 radical (unpaired) electrons. The Morgan fingerprint density at radius 1 is 1.06 bits per heavy atom. The first-order valence-electron chi connectivity index (χ1n) is 10.0. The Labute approximate surface area is 181 Å². The maximum atomic E-state index is 12.4. The summed E-state index contributed by atoms with van der Waals surface area (Å²) in [5, 5.41) is 0. The summed E-state index contributed by atoms with van der Waals surface area (Å²) in [4.78, 5) is 41.9. The number of anilines is 2. The zero-order valence-corrected chi connectivity index (χ0v) is 18.0. The lowest BCUT2D eigenvalue weighted by molar-refractivity contribution is -0.150. The molecule has 2 aromatic rings. The number of carbonyl (C=O) groups excluding carboxylic acids is 3. The van der Waals surface area contributed by atoms with E-state index < -0.39 is 5.97 Å². The van der Waals surface area contributed by atoms with Crippen molar-refractivity contribution in [1.29, 1.82) is 0 Å². The van der Waals surface area contributed by atoms with E-state index in [1.165, 1.54) is 9.80 Å². The molecule has 1 aliphatic rings. The fraction of sp³-hybridized carbons (Fsp3) is 0.348. The summed E-state index contributed by atoms with van der Waals surface area (Å²) in [7, 11) is 5.58. The van der Waals surface area contributed by atoms with Crippen LogP contribution in [-0.4, -0.2) is 63.6 Å². The summed E-state index contributed by atoms with van der Waals surface area (Å²) < 4.78 is 10.7. The molecular formula is C23H27N3O5. The second kappa shape index (κ2) is 9.97. The number of fused-ring (bicyclic) bond motifs is 1. The van der Waals surface area contributed by atoms with Gasteiger partial charge in [-0.25, -0.2) is 0 Å². The molecule has 8 nitrogen and oxygen atoms in total. The molecule has 0 unspecified atom stereocenters. The number of esters is 1. The lowest BCUT2D eigenvalue weighted by Gasteiger charge is -2.21. The van der Waals surface area contributed by atoms with E-state index in [4.69, 9.17) is 9.47 Å². The van der Waals surface area contributed by atoms with Gasteiger partial charge in [0, 0.05) is 33.4 Å². The van der Waals surface area contributed by atoms with Crippen molar-refractivity contribution in [2.24, 2.45) is 0 Å². The Morgan fingerprint density at radius 2 is 1.77 bits per heavy atom. The van der Waals surface area contributed by atoms with Crippen LogP contribution in [-0.2, 0) is 25.7 Å². The molecule has 0 N–H and O–H groups in total. The number of nitrogens with zero attached hydrogens (tertiary/aromatic N) is 3. The van der Waals surface area contributed by atoms with E-state index in [2.05, 4.69) is 0 Å². The number of ether oxygens (including phenoxy) is 2. The molecule has 0 bridgehead atoms. The topological polar surface area (TPSA) is 79.4 Å². The maximum absolute atomic E-state index is 12.4. The van der Waals surface area contributed by atoms with E-state index in [0.717, 1.165) is 11.3 Å². The van der Waals surface area contributed by atoms with Crippen LogP contribution in [0.1, 0.15) is 12.0 Å². The van der Waals surface area contributed by atoms with E-state index in [9.17, 15) is 14.4 Å². The Morgan fingerprint density at radius 3 is 2.48 bits per heavy atom. The highest BCUT2D eigenvalue weighted by molar-refractivity contribution is 5.99. The van der Waals surface area contributed by atoms with Gasteiger partial charge in [0.05, 0.1) is 18.7 Å². The highest BCUT2D eigenvalue weighted by Crippen LogP contribution is 2.30. The molecule has 1 heterocycles. The van der Waals surface area contributed by atoms with E-state index in [1.807, 2.05) is 43.3 Å². The van der Waals surface area contributed by atoms with Gasteiger partial charge in [-0.05, 0) is 29.8 Å². The molecule has 1 aliphatic heterocycles. The van der Waals surface area contributed by atoms with Gasteiger partial charge < -0.3 is 19.3 Å². The molecule has 0 atom stereocenters. The fourth-order valence-electron chi connectivity index (χ4n) is 3.18. The SMILES string of the molecule is CN(Cc1ccc(N(C)C)cc1)C(=O)COC(=O)CN1C(=O)CCOc2ccccc21. The zero-order chi connectivity index (χ0) is 22.4. The largest absolute Gasteiger partial charge is 0.491 e. The molecule has 0 aromatic heterocycles. The molecule has 2 aromatic carbocycles. The number of amides is 2. The molecule has 164 valence electrons. The highest BCUT2D eigenvalue weighted by Gasteiger charge is 2.26. The van der Waals surface area contributed by atoms with Crippen molar-refractivity contribution in [1.82, 2.24) is 4.90 Å². The second-order valence-electron chi connectivity index (χ2n) is 7.52. The predicted octanol–water partition coefficient (Wildman–Crippen LogP) is 2.07. The van der Waals surface area contributed by atoms with Crippen LogP contribution in [0.3, 0.4) is 0 Å². The number of carbonyl (C=O) groups is 3. The van der Waals surface area contributed by atoms with E-state index in [0.29, 0.717) is 18.0 Å². The summed E-state index contributed by atoms with van der Waals surface area (Å²) >= 11 is 0. The number of hydrogen-bond donors (Lipinski definition) is 0. The zero-order valence-electron chi connectivity index (χ0n) is 18.0.